The van der Waals surface area contributed by atoms with Gasteiger partial charge in [-0.15, -0.1) is 0 Å². The molecule has 0 aliphatic heterocycles. The van der Waals surface area contributed by atoms with Crippen LogP contribution in [0, 0.1) is 6.92 Å². The van der Waals surface area contributed by atoms with Crippen LogP contribution >= 0.6 is 0 Å². The molecular formula is C12H15N3O2S. The highest BCUT2D eigenvalue weighted by molar-refractivity contribution is 7.92. The SMILES string of the molecule is CCn1nccc1NS(=O)(=O)c1ccc(C)cc1. The van der Waals surface area contributed by atoms with Crippen molar-refractivity contribution >= 4 is 15.8 Å². The summed E-state index contributed by atoms with van der Waals surface area (Å²) in [6.45, 7) is 4.42. The summed E-state index contributed by atoms with van der Waals surface area (Å²) in [6, 6.07) is 8.35. The van der Waals surface area contributed by atoms with Gasteiger partial charge in [0, 0.05) is 12.6 Å². The zero-order valence-corrected chi connectivity index (χ0v) is 11.1. The number of hydrogen-bond donors (Lipinski definition) is 1. The fraction of sp³-hybridized carbons (Fsp3) is 0.250. The topological polar surface area (TPSA) is 64.0 Å². The Morgan fingerprint density at radius 3 is 2.50 bits per heavy atom. The van der Waals surface area contributed by atoms with Crippen molar-refractivity contribution in [2.75, 3.05) is 4.72 Å². The Morgan fingerprint density at radius 2 is 1.89 bits per heavy atom. The molecule has 1 heterocycles. The molecule has 0 atom stereocenters. The Bertz CT molecular complexity index is 630. The average Bonchev–Trinajstić information content (AvgIpc) is 2.76. The molecule has 5 nitrogen and oxygen atoms in total. The molecule has 6 heteroatoms. The smallest absolute Gasteiger partial charge is 0.263 e. The molecule has 0 aliphatic rings. The lowest BCUT2D eigenvalue weighted by Gasteiger charge is -2.09. The van der Waals surface area contributed by atoms with E-state index in [1.54, 1.807) is 41.2 Å². The molecule has 0 unspecified atom stereocenters. The normalized spacial score (nSPS) is 11.4. The molecule has 2 rings (SSSR count). The number of nitrogens with zero attached hydrogens (tertiary/aromatic N) is 2. The number of aromatic nitrogens is 2. The van der Waals surface area contributed by atoms with E-state index in [4.69, 9.17) is 0 Å². The van der Waals surface area contributed by atoms with Gasteiger partial charge in [-0.2, -0.15) is 5.10 Å². The van der Waals surface area contributed by atoms with Crippen LogP contribution in [0.4, 0.5) is 5.82 Å². The maximum atomic E-state index is 12.1. The molecule has 0 aliphatic carbocycles. The summed E-state index contributed by atoms with van der Waals surface area (Å²) >= 11 is 0. The lowest BCUT2D eigenvalue weighted by molar-refractivity contribution is 0.599. The standard InChI is InChI=1S/C12H15N3O2S/c1-3-15-12(8-9-13-15)14-18(16,17)11-6-4-10(2)5-7-11/h4-9,14H,3H2,1-2H3. The maximum absolute atomic E-state index is 12.1. The quantitative estimate of drug-likeness (QED) is 0.919. The molecule has 96 valence electrons. The van der Waals surface area contributed by atoms with Gasteiger partial charge in [-0.3, -0.25) is 4.72 Å². The van der Waals surface area contributed by atoms with Crippen LogP contribution in [0.2, 0.25) is 0 Å². The van der Waals surface area contributed by atoms with E-state index in [0.29, 0.717) is 12.4 Å². The summed E-state index contributed by atoms with van der Waals surface area (Å²) in [6.07, 6.45) is 1.57. The predicted molar refractivity (Wildman–Crippen MR) is 69.9 cm³/mol. The minimum atomic E-state index is -3.54. The highest BCUT2D eigenvalue weighted by atomic mass is 32.2. The van der Waals surface area contributed by atoms with E-state index in [9.17, 15) is 8.42 Å². The summed E-state index contributed by atoms with van der Waals surface area (Å²) in [5, 5.41) is 4.02. The van der Waals surface area contributed by atoms with Crippen molar-refractivity contribution in [1.82, 2.24) is 9.78 Å². The summed E-state index contributed by atoms with van der Waals surface area (Å²) in [4.78, 5) is 0.247. The Hall–Kier alpha value is -1.82. The van der Waals surface area contributed by atoms with Crippen molar-refractivity contribution < 1.29 is 8.42 Å². The van der Waals surface area contributed by atoms with Crippen molar-refractivity contribution in [3.8, 4) is 0 Å². The Labute approximate surface area is 107 Å². The molecule has 18 heavy (non-hydrogen) atoms. The first-order valence-corrected chi connectivity index (χ1v) is 7.12. The van der Waals surface area contributed by atoms with Gasteiger partial charge in [0.05, 0.1) is 11.1 Å². The van der Waals surface area contributed by atoms with Crippen LogP contribution in [0.25, 0.3) is 0 Å². The molecule has 0 radical (unpaired) electrons. The third-order valence-electron chi connectivity index (χ3n) is 2.59. The van der Waals surface area contributed by atoms with Crippen LogP contribution in [0.15, 0.2) is 41.4 Å². The average molecular weight is 265 g/mol. The summed E-state index contributed by atoms with van der Waals surface area (Å²) in [5.41, 5.74) is 1.02. The second-order valence-corrected chi connectivity index (χ2v) is 5.63. The van der Waals surface area contributed by atoms with Gasteiger partial charge in [-0.25, -0.2) is 13.1 Å². The summed E-state index contributed by atoms with van der Waals surface area (Å²) in [7, 11) is -3.54. The molecule has 0 amide bonds. The first-order chi connectivity index (χ1) is 8.53. The molecule has 0 fully saturated rings. The van der Waals surface area contributed by atoms with Gasteiger partial charge < -0.3 is 0 Å². The number of benzene rings is 1. The van der Waals surface area contributed by atoms with E-state index in [0.717, 1.165) is 5.56 Å². The summed E-state index contributed by atoms with van der Waals surface area (Å²) < 4.78 is 28.4. The Morgan fingerprint density at radius 1 is 1.22 bits per heavy atom. The molecule has 0 bridgehead atoms. The number of rotatable bonds is 4. The van der Waals surface area contributed by atoms with E-state index in [1.807, 2.05) is 13.8 Å². The van der Waals surface area contributed by atoms with Crippen molar-refractivity contribution in [3.63, 3.8) is 0 Å². The van der Waals surface area contributed by atoms with Gasteiger partial charge in [-0.05, 0) is 26.0 Å². The molecule has 1 N–H and O–H groups in total. The fourth-order valence-corrected chi connectivity index (χ4v) is 2.65. The van der Waals surface area contributed by atoms with E-state index in [-0.39, 0.29) is 4.90 Å². The van der Waals surface area contributed by atoms with Crippen LogP contribution in [0.1, 0.15) is 12.5 Å². The van der Waals surface area contributed by atoms with E-state index >= 15 is 0 Å². The van der Waals surface area contributed by atoms with Gasteiger partial charge in [0.1, 0.15) is 5.82 Å². The van der Waals surface area contributed by atoms with E-state index in [2.05, 4.69) is 9.82 Å². The first-order valence-electron chi connectivity index (χ1n) is 5.64. The van der Waals surface area contributed by atoms with Crippen LogP contribution in [-0.2, 0) is 16.6 Å². The largest absolute Gasteiger partial charge is 0.264 e. The van der Waals surface area contributed by atoms with Gasteiger partial charge in [0.2, 0.25) is 0 Å². The van der Waals surface area contributed by atoms with Crippen LogP contribution in [-0.4, -0.2) is 18.2 Å². The molecule has 0 saturated carbocycles. The number of anilines is 1. The number of hydrogen-bond acceptors (Lipinski definition) is 3. The molecule has 2 aromatic rings. The zero-order chi connectivity index (χ0) is 13.2. The highest BCUT2D eigenvalue weighted by Gasteiger charge is 2.15. The second-order valence-electron chi connectivity index (χ2n) is 3.95. The lowest BCUT2D eigenvalue weighted by Crippen LogP contribution is -2.16. The molecular weight excluding hydrogens is 250 g/mol. The van der Waals surface area contributed by atoms with Crippen LogP contribution in [0.3, 0.4) is 0 Å². The highest BCUT2D eigenvalue weighted by Crippen LogP contribution is 2.16. The number of nitrogens with one attached hydrogen (secondary N) is 1. The Balaban J connectivity index is 2.30. The van der Waals surface area contributed by atoms with Crippen molar-refractivity contribution in [1.29, 1.82) is 0 Å². The number of aryl methyl sites for hydroxylation is 2. The number of sulfonamides is 1. The van der Waals surface area contributed by atoms with E-state index < -0.39 is 10.0 Å². The van der Waals surface area contributed by atoms with Gasteiger partial charge in [0.15, 0.2) is 0 Å². The van der Waals surface area contributed by atoms with Crippen LogP contribution in [0.5, 0.6) is 0 Å². The van der Waals surface area contributed by atoms with Crippen molar-refractivity contribution in [2.45, 2.75) is 25.3 Å². The molecule has 0 saturated heterocycles. The third kappa shape index (κ3) is 2.53. The Kier molecular flexibility index (Phi) is 3.38. The van der Waals surface area contributed by atoms with Gasteiger partial charge >= 0.3 is 0 Å². The lowest BCUT2D eigenvalue weighted by atomic mass is 10.2. The minimum Gasteiger partial charge on any atom is -0.264 e. The van der Waals surface area contributed by atoms with Gasteiger partial charge in [-0.1, -0.05) is 17.7 Å². The molecule has 1 aromatic heterocycles. The first kappa shape index (κ1) is 12.6. The molecule has 0 spiro atoms. The monoisotopic (exact) mass is 265 g/mol. The molecule has 1 aromatic carbocycles. The third-order valence-corrected chi connectivity index (χ3v) is 3.96. The van der Waals surface area contributed by atoms with Crippen LogP contribution < -0.4 is 4.72 Å². The van der Waals surface area contributed by atoms with Crippen molar-refractivity contribution in [3.05, 3.63) is 42.1 Å². The predicted octanol–water partition coefficient (Wildman–Crippen LogP) is 2.01. The van der Waals surface area contributed by atoms with Crippen molar-refractivity contribution in [2.24, 2.45) is 0 Å². The maximum Gasteiger partial charge on any atom is 0.263 e. The fourth-order valence-electron chi connectivity index (χ4n) is 1.59. The van der Waals surface area contributed by atoms with E-state index in [1.165, 1.54) is 0 Å². The summed E-state index contributed by atoms with van der Waals surface area (Å²) in [5.74, 6) is 0.470. The minimum absolute atomic E-state index is 0.247. The zero-order valence-electron chi connectivity index (χ0n) is 10.3. The second kappa shape index (κ2) is 4.81. The van der Waals surface area contributed by atoms with Gasteiger partial charge in [0.25, 0.3) is 10.0 Å².